The van der Waals surface area contributed by atoms with E-state index in [1.54, 1.807) is 62.3 Å². The minimum absolute atomic E-state index is 0.352. The maximum atomic E-state index is 12.1. The number of carbonyl (C=O) groups is 4. The number of carboxylic acids is 1. The molecule has 0 aliphatic rings. The Morgan fingerprint density at radius 1 is 0.704 bits per heavy atom. The summed E-state index contributed by atoms with van der Waals surface area (Å²) in [5, 5.41) is 7.77. The van der Waals surface area contributed by atoms with Crippen molar-refractivity contribution >= 4 is 24.2 Å². The number of carbonyl (C=O) groups excluding carboxylic acids is 3. The van der Waals surface area contributed by atoms with Crippen LogP contribution >= 0.6 is 0 Å². The lowest BCUT2D eigenvalue weighted by Gasteiger charge is -2.29. The van der Waals surface area contributed by atoms with Crippen molar-refractivity contribution in [3.8, 4) is 0 Å². The Balaban J connectivity index is 0. The summed E-state index contributed by atoms with van der Waals surface area (Å²) in [7, 11) is 0. The van der Waals surface area contributed by atoms with Gasteiger partial charge in [0.2, 0.25) is 0 Å². The molecule has 0 aliphatic carbocycles. The van der Waals surface area contributed by atoms with Gasteiger partial charge >= 0.3 is 18.3 Å². The third-order valence-electron chi connectivity index (χ3n) is 1.75. The second-order valence-corrected chi connectivity index (χ2v) is 8.43. The van der Waals surface area contributed by atoms with Gasteiger partial charge in [0, 0.05) is 6.92 Å². The molecule has 0 aromatic heterocycles. The summed E-state index contributed by atoms with van der Waals surface area (Å²) >= 11 is 0. The highest BCUT2D eigenvalue weighted by molar-refractivity contribution is 5.90. The summed E-state index contributed by atoms with van der Waals surface area (Å²) in [4.78, 5) is 45.1. The molecule has 0 saturated carbocycles. The number of hydrogen-bond donors (Lipinski definition) is 2. The summed E-state index contributed by atoms with van der Waals surface area (Å²) < 4.78 is 15.2. The van der Waals surface area contributed by atoms with Crippen molar-refractivity contribution in [3.63, 3.8) is 0 Å². The van der Waals surface area contributed by atoms with Gasteiger partial charge in [-0.1, -0.05) is 0 Å². The predicted molar refractivity (Wildman–Crippen MR) is 97.0 cm³/mol. The van der Waals surface area contributed by atoms with Crippen molar-refractivity contribution < 1.29 is 38.5 Å². The highest BCUT2D eigenvalue weighted by atomic mass is 16.6. The zero-order valence-corrected chi connectivity index (χ0v) is 17.8. The molecule has 0 rings (SSSR count). The van der Waals surface area contributed by atoms with E-state index < -0.39 is 41.1 Å². The first-order chi connectivity index (χ1) is 11.7. The van der Waals surface area contributed by atoms with E-state index in [0.717, 1.165) is 6.92 Å². The third-order valence-corrected chi connectivity index (χ3v) is 1.75. The molecule has 2 N–H and O–H groups in total. The molecule has 0 radical (unpaired) electrons. The molecule has 0 bridgehead atoms. The van der Waals surface area contributed by atoms with Gasteiger partial charge in [0.1, 0.15) is 16.8 Å². The van der Waals surface area contributed by atoms with E-state index in [1.165, 1.54) is 0 Å². The molecule has 0 unspecified atom stereocenters. The van der Waals surface area contributed by atoms with Crippen LogP contribution in [0.3, 0.4) is 0 Å². The fraction of sp³-hybridized carbons (Fsp3) is 0.765. The zero-order valence-electron chi connectivity index (χ0n) is 17.8. The number of aliphatic carboxylic acids is 1. The van der Waals surface area contributed by atoms with Crippen molar-refractivity contribution in [2.75, 3.05) is 0 Å². The van der Waals surface area contributed by atoms with Crippen molar-refractivity contribution in [1.82, 2.24) is 10.4 Å². The summed E-state index contributed by atoms with van der Waals surface area (Å²) in [5.41, 5.74) is -0.461. The summed E-state index contributed by atoms with van der Waals surface area (Å²) in [5.74, 6) is -0.833. The molecule has 0 aromatic rings. The van der Waals surface area contributed by atoms with Crippen LogP contribution in [0, 0.1) is 0 Å². The van der Waals surface area contributed by atoms with Crippen molar-refractivity contribution in [3.05, 3.63) is 0 Å². The molecular formula is C17H32N2O8. The molecule has 3 amide bonds. The molecule has 10 heteroatoms. The Morgan fingerprint density at radius 2 is 0.963 bits per heavy atom. The van der Waals surface area contributed by atoms with Gasteiger partial charge in [-0.15, -0.1) is 5.01 Å². The van der Waals surface area contributed by atoms with Gasteiger partial charge < -0.3 is 19.3 Å². The van der Waals surface area contributed by atoms with Crippen LogP contribution in [-0.4, -0.2) is 51.2 Å². The molecule has 158 valence electrons. The number of nitrogens with one attached hydrogen (secondary N) is 1. The lowest BCUT2D eigenvalue weighted by Crippen LogP contribution is -2.53. The van der Waals surface area contributed by atoms with E-state index in [2.05, 4.69) is 0 Å². The van der Waals surface area contributed by atoms with Gasteiger partial charge in [-0.25, -0.2) is 19.8 Å². The minimum Gasteiger partial charge on any atom is -0.481 e. The van der Waals surface area contributed by atoms with E-state index >= 15 is 0 Å². The number of carboxylic acid groups (broad SMARTS) is 1. The van der Waals surface area contributed by atoms with Crippen molar-refractivity contribution in [2.24, 2.45) is 0 Å². The van der Waals surface area contributed by atoms with Gasteiger partial charge in [0.05, 0.1) is 0 Å². The molecule has 10 nitrogen and oxygen atoms in total. The van der Waals surface area contributed by atoms with E-state index in [1.807, 2.05) is 5.43 Å². The van der Waals surface area contributed by atoms with E-state index in [0.29, 0.717) is 5.01 Å². The fourth-order valence-corrected chi connectivity index (χ4v) is 1.17. The van der Waals surface area contributed by atoms with Crippen LogP contribution in [0.15, 0.2) is 0 Å². The van der Waals surface area contributed by atoms with Crippen molar-refractivity contribution in [2.45, 2.75) is 86.0 Å². The maximum absolute atomic E-state index is 12.1. The van der Waals surface area contributed by atoms with E-state index in [9.17, 15) is 14.4 Å². The number of nitrogens with zero attached hydrogens (tertiary/aromatic N) is 1. The summed E-state index contributed by atoms with van der Waals surface area (Å²) in [6.45, 7) is 15.8. The van der Waals surface area contributed by atoms with E-state index in [-0.39, 0.29) is 0 Å². The molecule has 0 spiro atoms. The first kappa shape index (κ1) is 26.7. The molecule has 0 saturated heterocycles. The zero-order chi connectivity index (χ0) is 22.2. The second kappa shape index (κ2) is 9.98. The number of imide groups is 1. The first-order valence-corrected chi connectivity index (χ1v) is 8.19. The number of rotatable bonds is 0. The average Bonchev–Trinajstić information content (AvgIpc) is 2.28. The summed E-state index contributed by atoms with van der Waals surface area (Å²) in [6.07, 6.45) is -3.12. The molecule has 27 heavy (non-hydrogen) atoms. The molecule has 0 fully saturated rings. The second-order valence-electron chi connectivity index (χ2n) is 8.43. The van der Waals surface area contributed by atoms with Gasteiger partial charge in [-0.2, -0.15) is 0 Å². The van der Waals surface area contributed by atoms with Crippen LogP contribution in [0.5, 0.6) is 0 Å². The standard InChI is InChI=1S/C15H28N2O6.C2H4O2/c1-13(2,3)21-10(18)16-17(11(19)22-14(4,5)6)12(20)23-15(7,8)9;1-2(3)4/h1-9H3,(H,16,18);1H3,(H,3,4). The van der Waals surface area contributed by atoms with Crippen LogP contribution in [0.4, 0.5) is 14.4 Å². The smallest absolute Gasteiger partial charge is 0.439 e. The molecule has 0 aliphatic heterocycles. The highest BCUT2D eigenvalue weighted by Gasteiger charge is 2.34. The molecule has 0 aromatic carbocycles. The molecule has 0 atom stereocenters. The Kier molecular flexibility index (Phi) is 9.87. The number of amides is 3. The molecular weight excluding hydrogens is 360 g/mol. The maximum Gasteiger partial charge on any atom is 0.439 e. The fourth-order valence-electron chi connectivity index (χ4n) is 1.17. The Hall–Kier alpha value is -2.52. The quantitative estimate of drug-likeness (QED) is 0.471. The summed E-state index contributed by atoms with van der Waals surface area (Å²) in [6, 6.07) is 0. The Labute approximate surface area is 160 Å². The average molecular weight is 392 g/mol. The Bertz CT molecular complexity index is 507. The van der Waals surface area contributed by atoms with Crippen molar-refractivity contribution in [1.29, 1.82) is 0 Å². The van der Waals surface area contributed by atoms with Crippen LogP contribution < -0.4 is 5.43 Å². The first-order valence-electron chi connectivity index (χ1n) is 8.19. The topological polar surface area (TPSA) is 131 Å². The Morgan fingerprint density at radius 3 is 1.19 bits per heavy atom. The van der Waals surface area contributed by atoms with E-state index in [4.69, 9.17) is 24.1 Å². The number of ether oxygens (including phenoxy) is 3. The van der Waals surface area contributed by atoms with Crippen LogP contribution in [0.25, 0.3) is 0 Å². The van der Waals surface area contributed by atoms with Gasteiger partial charge in [-0.3, -0.25) is 4.79 Å². The lowest BCUT2D eigenvalue weighted by atomic mass is 10.2. The predicted octanol–water partition coefficient (Wildman–Crippen LogP) is 3.69. The largest absolute Gasteiger partial charge is 0.481 e. The van der Waals surface area contributed by atoms with Crippen LogP contribution in [0.1, 0.15) is 69.2 Å². The molecule has 0 heterocycles. The van der Waals surface area contributed by atoms with Gasteiger partial charge in [0.25, 0.3) is 5.97 Å². The monoisotopic (exact) mass is 392 g/mol. The SMILES string of the molecule is CC(=O)O.CC(C)(C)OC(=O)NN(C(=O)OC(C)(C)C)C(=O)OC(C)(C)C. The third kappa shape index (κ3) is 18.1. The van der Waals surface area contributed by atoms with Crippen LogP contribution in [0.2, 0.25) is 0 Å². The number of hydrazine groups is 1. The number of hydrogen-bond acceptors (Lipinski definition) is 7. The van der Waals surface area contributed by atoms with Gasteiger partial charge in [-0.05, 0) is 62.3 Å². The lowest BCUT2D eigenvalue weighted by molar-refractivity contribution is -0.134. The van der Waals surface area contributed by atoms with Crippen LogP contribution in [-0.2, 0) is 19.0 Å². The highest BCUT2D eigenvalue weighted by Crippen LogP contribution is 2.14. The van der Waals surface area contributed by atoms with Gasteiger partial charge in [0.15, 0.2) is 0 Å². The normalized spacial score (nSPS) is 11.3. The minimum atomic E-state index is -1.07.